The Morgan fingerprint density at radius 2 is 2.24 bits per heavy atom. The second-order valence-corrected chi connectivity index (χ2v) is 4.81. The molecule has 1 N–H and O–H groups in total. The fourth-order valence-electron chi connectivity index (χ4n) is 2.42. The van der Waals surface area contributed by atoms with Crippen LogP contribution in [-0.4, -0.2) is 64.1 Å². The first-order valence-corrected chi connectivity index (χ1v) is 6.78. The molecule has 102 valence electrons. The van der Waals surface area contributed by atoms with Gasteiger partial charge in [-0.1, -0.05) is 6.92 Å². The van der Waals surface area contributed by atoms with Crippen LogP contribution in [0.3, 0.4) is 0 Å². The van der Waals surface area contributed by atoms with Gasteiger partial charge in [0.25, 0.3) is 0 Å². The lowest BCUT2D eigenvalue weighted by molar-refractivity contribution is -0.00205. The van der Waals surface area contributed by atoms with Gasteiger partial charge in [0.2, 0.25) is 0 Å². The highest BCUT2D eigenvalue weighted by Gasteiger charge is 2.25. The fraction of sp³-hybridized carbons (Fsp3) is 1.00. The Balaban J connectivity index is 2.38. The Morgan fingerprint density at radius 3 is 2.88 bits per heavy atom. The average molecular weight is 244 g/mol. The van der Waals surface area contributed by atoms with E-state index < -0.39 is 0 Å². The van der Waals surface area contributed by atoms with Crippen molar-refractivity contribution < 1.29 is 9.47 Å². The monoisotopic (exact) mass is 244 g/mol. The van der Waals surface area contributed by atoms with Crippen LogP contribution in [0.2, 0.25) is 0 Å². The van der Waals surface area contributed by atoms with Gasteiger partial charge in [-0.2, -0.15) is 0 Å². The molecule has 0 saturated carbocycles. The van der Waals surface area contributed by atoms with E-state index in [-0.39, 0.29) is 0 Å². The van der Waals surface area contributed by atoms with Gasteiger partial charge >= 0.3 is 0 Å². The van der Waals surface area contributed by atoms with Crippen molar-refractivity contribution in [3.63, 3.8) is 0 Å². The van der Waals surface area contributed by atoms with Crippen molar-refractivity contribution in [1.29, 1.82) is 0 Å². The van der Waals surface area contributed by atoms with Crippen LogP contribution < -0.4 is 5.32 Å². The summed E-state index contributed by atoms with van der Waals surface area (Å²) in [5.74, 6) is 0. The largest absolute Gasteiger partial charge is 0.383 e. The molecule has 1 fully saturated rings. The van der Waals surface area contributed by atoms with Crippen LogP contribution in [0.1, 0.15) is 26.2 Å². The first-order valence-electron chi connectivity index (χ1n) is 6.78. The number of likely N-dealkylation sites (tertiary alicyclic amines) is 1. The van der Waals surface area contributed by atoms with Crippen molar-refractivity contribution in [3.8, 4) is 0 Å². The van der Waals surface area contributed by atoms with Crippen molar-refractivity contribution in [2.24, 2.45) is 0 Å². The first kappa shape index (κ1) is 14.9. The van der Waals surface area contributed by atoms with E-state index in [0.717, 1.165) is 26.2 Å². The molecule has 0 amide bonds. The number of methoxy groups -OCH3 is 2. The lowest BCUT2D eigenvalue weighted by Crippen LogP contribution is -2.51. The Bertz CT molecular complexity index is 190. The highest BCUT2D eigenvalue weighted by molar-refractivity contribution is 4.80. The number of hydrogen-bond acceptors (Lipinski definition) is 4. The maximum Gasteiger partial charge on any atom is 0.0698 e. The maximum atomic E-state index is 5.47. The van der Waals surface area contributed by atoms with Crippen LogP contribution in [0.5, 0.6) is 0 Å². The van der Waals surface area contributed by atoms with Gasteiger partial charge in [-0.15, -0.1) is 0 Å². The van der Waals surface area contributed by atoms with E-state index in [2.05, 4.69) is 17.1 Å². The molecule has 1 heterocycles. The molecule has 17 heavy (non-hydrogen) atoms. The molecule has 0 aromatic carbocycles. The Morgan fingerprint density at radius 1 is 1.41 bits per heavy atom. The molecule has 0 radical (unpaired) electrons. The van der Waals surface area contributed by atoms with Crippen molar-refractivity contribution in [2.75, 3.05) is 47.0 Å². The van der Waals surface area contributed by atoms with Gasteiger partial charge in [0.1, 0.15) is 0 Å². The van der Waals surface area contributed by atoms with E-state index in [4.69, 9.17) is 9.47 Å². The number of hydrogen-bond donors (Lipinski definition) is 1. The van der Waals surface area contributed by atoms with Gasteiger partial charge in [0.05, 0.1) is 12.7 Å². The van der Waals surface area contributed by atoms with Crippen LogP contribution in [0, 0.1) is 0 Å². The summed E-state index contributed by atoms with van der Waals surface area (Å²) in [5.41, 5.74) is 0. The van der Waals surface area contributed by atoms with E-state index in [1.165, 1.54) is 25.8 Å². The maximum absolute atomic E-state index is 5.47. The van der Waals surface area contributed by atoms with Crippen LogP contribution in [0.25, 0.3) is 0 Å². The Hall–Kier alpha value is -0.160. The first-order chi connectivity index (χ1) is 8.31. The van der Waals surface area contributed by atoms with E-state index in [9.17, 15) is 0 Å². The van der Waals surface area contributed by atoms with Crippen LogP contribution in [0.15, 0.2) is 0 Å². The summed E-state index contributed by atoms with van der Waals surface area (Å²) in [5, 5.41) is 3.49. The fourth-order valence-corrected chi connectivity index (χ4v) is 2.42. The van der Waals surface area contributed by atoms with Crippen molar-refractivity contribution in [2.45, 2.75) is 38.3 Å². The van der Waals surface area contributed by atoms with Gasteiger partial charge in [-0.25, -0.2) is 0 Å². The summed E-state index contributed by atoms with van der Waals surface area (Å²) >= 11 is 0. The molecule has 1 rings (SSSR count). The summed E-state index contributed by atoms with van der Waals surface area (Å²) in [6.45, 7) is 7.30. The molecule has 0 aromatic rings. The summed E-state index contributed by atoms with van der Waals surface area (Å²) in [4.78, 5) is 2.50. The third-order valence-electron chi connectivity index (χ3n) is 3.43. The van der Waals surface area contributed by atoms with E-state index >= 15 is 0 Å². The quantitative estimate of drug-likeness (QED) is 0.649. The minimum absolute atomic E-state index is 0.397. The van der Waals surface area contributed by atoms with Crippen molar-refractivity contribution >= 4 is 0 Å². The smallest absolute Gasteiger partial charge is 0.0698 e. The highest BCUT2D eigenvalue weighted by atomic mass is 16.5. The highest BCUT2D eigenvalue weighted by Crippen LogP contribution is 2.15. The molecule has 0 spiro atoms. The zero-order chi connectivity index (χ0) is 12.5. The van der Waals surface area contributed by atoms with E-state index in [1.807, 2.05) is 7.11 Å². The zero-order valence-corrected chi connectivity index (χ0v) is 11.6. The summed E-state index contributed by atoms with van der Waals surface area (Å²) in [6, 6.07) is 0.476. The van der Waals surface area contributed by atoms with Gasteiger partial charge in [-0.05, 0) is 32.4 Å². The van der Waals surface area contributed by atoms with Crippen molar-refractivity contribution in [3.05, 3.63) is 0 Å². The lowest BCUT2D eigenvalue weighted by Gasteiger charge is -2.37. The molecule has 1 saturated heterocycles. The standard InChI is InChI=1S/C13H28N2O2/c1-4-7-14-9-12(11-16-2)15-8-5-6-13(10-15)17-3/h12-14H,4-11H2,1-3H3. The third-order valence-corrected chi connectivity index (χ3v) is 3.43. The topological polar surface area (TPSA) is 33.7 Å². The lowest BCUT2D eigenvalue weighted by atomic mass is 10.1. The molecule has 1 aliphatic rings. The van der Waals surface area contributed by atoms with Crippen LogP contribution in [-0.2, 0) is 9.47 Å². The summed E-state index contributed by atoms with van der Waals surface area (Å²) < 4.78 is 10.8. The third kappa shape index (κ3) is 5.34. The average Bonchev–Trinajstić information content (AvgIpc) is 2.38. The second kappa shape index (κ2) is 8.86. The number of ether oxygens (including phenoxy) is 2. The molecule has 0 aliphatic carbocycles. The molecule has 4 heteroatoms. The number of rotatable bonds is 8. The molecular weight excluding hydrogens is 216 g/mol. The Kier molecular flexibility index (Phi) is 7.77. The molecule has 0 bridgehead atoms. The predicted octanol–water partition coefficient (Wildman–Crippen LogP) is 1.11. The van der Waals surface area contributed by atoms with Gasteiger partial charge in [-0.3, -0.25) is 4.90 Å². The molecular formula is C13H28N2O2. The van der Waals surface area contributed by atoms with Gasteiger partial charge in [0.15, 0.2) is 0 Å². The normalized spacial score (nSPS) is 23.8. The van der Waals surface area contributed by atoms with E-state index in [1.54, 1.807) is 7.11 Å². The van der Waals surface area contributed by atoms with Gasteiger partial charge < -0.3 is 14.8 Å². The number of nitrogens with zero attached hydrogens (tertiary/aromatic N) is 1. The minimum atomic E-state index is 0.397. The van der Waals surface area contributed by atoms with Crippen molar-refractivity contribution in [1.82, 2.24) is 10.2 Å². The molecule has 1 aliphatic heterocycles. The predicted molar refractivity (Wildman–Crippen MR) is 70.4 cm³/mol. The van der Waals surface area contributed by atoms with E-state index in [0.29, 0.717) is 12.1 Å². The number of piperidine rings is 1. The van der Waals surface area contributed by atoms with Crippen LogP contribution >= 0.6 is 0 Å². The van der Waals surface area contributed by atoms with Crippen LogP contribution in [0.4, 0.5) is 0 Å². The second-order valence-electron chi connectivity index (χ2n) is 4.81. The molecule has 4 nitrogen and oxygen atoms in total. The molecule has 2 unspecified atom stereocenters. The van der Waals surface area contributed by atoms with Gasteiger partial charge in [0, 0.05) is 33.4 Å². The molecule has 2 atom stereocenters. The SMILES string of the molecule is CCCNCC(COC)N1CCCC(OC)C1. The summed E-state index contributed by atoms with van der Waals surface area (Å²) in [6.07, 6.45) is 4.00. The minimum Gasteiger partial charge on any atom is -0.383 e. The number of nitrogens with one attached hydrogen (secondary N) is 1. The zero-order valence-electron chi connectivity index (χ0n) is 11.6. The molecule has 0 aromatic heterocycles. The summed E-state index contributed by atoms with van der Waals surface area (Å²) in [7, 11) is 3.60. The Labute approximate surface area is 106 Å².